The van der Waals surface area contributed by atoms with Gasteiger partial charge in [-0.1, -0.05) is 13.1 Å². The summed E-state index contributed by atoms with van der Waals surface area (Å²) in [4.78, 5) is 2.05. The average molecular weight is 151 g/mol. The lowest BCUT2D eigenvalue weighted by molar-refractivity contribution is 0.442. The minimum absolute atomic E-state index is 0.278. The molecule has 0 heterocycles. The van der Waals surface area contributed by atoms with Crippen LogP contribution >= 0.6 is 11.6 Å². The quantitative estimate of drug-likeness (QED) is 0.327. The fraction of sp³-hybridized carbons (Fsp3) is 1.00. The van der Waals surface area contributed by atoms with E-state index in [0.717, 1.165) is 0 Å². The lowest BCUT2D eigenvalue weighted by Gasteiger charge is -2.19. The van der Waals surface area contributed by atoms with Crippen molar-refractivity contribution >= 4 is 20.4 Å². The van der Waals surface area contributed by atoms with Gasteiger partial charge in [0.1, 0.15) is 0 Å². The summed E-state index contributed by atoms with van der Waals surface area (Å²) in [5, 5.41) is 0.278. The van der Waals surface area contributed by atoms with E-state index in [1.807, 2.05) is 14.1 Å². The molecular formula is C5H13ClNSi. The molecule has 0 spiro atoms. The molecule has 0 saturated carbocycles. The zero-order valence-corrected chi connectivity index (χ0v) is 7.66. The lowest BCUT2D eigenvalue weighted by atomic mass is 11.0. The molecule has 0 aliphatic rings. The van der Waals surface area contributed by atoms with E-state index in [9.17, 15) is 0 Å². The van der Waals surface area contributed by atoms with Crippen LogP contribution in [0.1, 0.15) is 0 Å². The van der Waals surface area contributed by atoms with Crippen LogP contribution in [0.3, 0.4) is 0 Å². The summed E-state index contributed by atoms with van der Waals surface area (Å²) in [6.45, 7) is 4.42. The van der Waals surface area contributed by atoms with Crippen LogP contribution in [0.25, 0.3) is 0 Å². The van der Waals surface area contributed by atoms with E-state index >= 15 is 0 Å². The standard InChI is InChI=1S/C5H13ClNSi/c1-7(2)5(6)8(3)4/h5H,1-4H3. The monoisotopic (exact) mass is 150 g/mol. The van der Waals surface area contributed by atoms with Gasteiger partial charge in [0.05, 0.1) is 13.9 Å². The second kappa shape index (κ2) is 3.48. The Morgan fingerprint density at radius 2 is 1.75 bits per heavy atom. The van der Waals surface area contributed by atoms with Crippen molar-refractivity contribution in [2.75, 3.05) is 14.1 Å². The molecule has 0 amide bonds. The Balaban J connectivity index is 3.46. The Morgan fingerprint density at radius 3 is 1.75 bits per heavy atom. The molecule has 0 aliphatic carbocycles. The van der Waals surface area contributed by atoms with Crippen LogP contribution in [-0.2, 0) is 0 Å². The van der Waals surface area contributed by atoms with Crippen molar-refractivity contribution in [3.8, 4) is 0 Å². The molecule has 0 saturated heterocycles. The molecule has 0 aromatic heterocycles. The van der Waals surface area contributed by atoms with E-state index < -0.39 is 0 Å². The van der Waals surface area contributed by atoms with Crippen LogP contribution in [0.15, 0.2) is 0 Å². The van der Waals surface area contributed by atoms with E-state index in [1.165, 1.54) is 0 Å². The topological polar surface area (TPSA) is 3.24 Å². The first-order valence-electron chi connectivity index (χ1n) is 2.66. The average Bonchev–Trinajstić information content (AvgIpc) is 1.64. The van der Waals surface area contributed by atoms with E-state index in [1.54, 1.807) is 0 Å². The Kier molecular flexibility index (Phi) is 3.69. The van der Waals surface area contributed by atoms with E-state index in [-0.39, 0.29) is 13.9 Å². The first-order chi connectivity index (χ1) is 3.55. The molecule has 1 atom stereocenters. The molecule has 8 heavy (non-hydrogen) atoms. The maximum absolute atomic E-state index is 5.92. The summed E-state index contributed by atoms with van der Waals surface area (Å²) in [6, 6.07) is 0. The van der Waals surface area contributed by atoms with Gasteiger partial charge in [-0.3, -0.25) is 4.90 Å². The Bertz CT molecular complexity index is 57.4. The highest BCUT2D eigenvalue weighted by Crippen LogP contribution is 2.02. The molecule has 0 rings (SSSR count). The summed E-state index contributed by atoms with van der Waals surface area (Å²) in [6.07, 6.45) is 0. The number of hydrogen-bond donors (Lipinski definition) is 0. The fourth-order valence-electron chi connectivity index (χ4n) is 0.516. The van der Waals surface area contributed by atoms with Gasteiger partial charge in [0, 0.05) is 0 Å². The maximum Gasteiger partial charge on any atom is 0.0828 e. The van der Waals surface area contributed by atoms with Gasteiger partial charge in [-0.05, 0) is 14.1 Å². The lowest BCUT2D eigenvalue weighted by Crippen LogP contribution is -2.33. The Hall–Kier alpha value is 0.467. The summed E-state index contributed by atoms with van der Waals surface area (Å²) in [5.74, 6) is 0. The molecule has 0 fully saturated rings. The van der Waals surface area contributed by atoms with Gasteiger partial charge in [-0.2, -0.15) is 0 Å². The van der Waals surface area contributed by atoms with Crippen molar-refractivity contribution < 1.29 is 0 Å². The van der Waals surface area contributed by atoms with Gasteiger partial charge in [0.25, 0.3) is 0 Å². The van der Waals surface area contributed by atoms with E-state index in [2.05, 4.69) is 18.0 Å². The number of nitrogens with zero attached hydrogens (tertiary/aromatic N) is 1. The highest BCUT2D eigenvalue weighted by atomic mass is 35.5. The first kappa shape index (κ1) is 8.47. The van der Waals surface area contributed by atoms with E-state index in [0.29, 0.717) is 0 Å². The van der Waals surface area contributed by atoms with Gasteiger partial charge in [0.2, 0.25) is 0 Å². The molecule has 3 heteroatoms. The highest BCUT2D eigenvalue weighted by Gasteiger charge is 2.11. The predicted molar refractivity (Wildman–Crippen MR) is 40.8 cm³/mol. The van der Waals surface area contributed by atoms with Gasteiger partial charge in [-0.15, -0.1) is 11.6 Å². The van der Waals surface area contributed by atoms with Crippen LogP contribution in [-0.4, -0.2) is 32.9 Å². The molecule has 1 radical (unpaired) electrons. The number of halogens is 1. The van der Waals surface area contributed by atoms with Gasteiger partial charge < -0.3 is 0 Å². The summed E-state index contributed by atoms with van der Waals surface area (Å²) >= 11 is 5.92. The van der Waals surface area contributed by atoms with Crippen LogP contribution in [0, 0.1) is 0 Å². The Labute approximate surface area is 58.2 Å². The fourth-order valence-corrected chi connectivity index (χ4v) is 1.55. The molecule has 0 N–H and O–H groups in total. The minimum atomic E-state index is -0.320. The molecule has 1 unspecified atom stereocenters. The molecule has 0 bridgehead atoms. The normalized spacial score (nSPS) is 15.4. The number of alkyl halides is 1. The second-order valence-electron chi connectivity index (χ2n) is 2.38. The smallest absolute Gasteiger partial charge is 0.0828 e. The first-order valence-corrected chi connectivity index (χ1v) is 5.67. The van der Waals surface area contributed by atoms with Crippen LogP contribution in [0.5, 0.6) is 0 Å². The van der Waals surface area contributed by atoms with Crippen molar-refractivity contribution in [1.29, 1.82) is 0 Å². The molecule has 0 aromatic carbocycles. The number of hydrogen-bond acceptors (Lipinski definition) is 1. The van der Waals surface area contributed by atoms with Crippen LogP contribution in [0.2, 0.25) is 13.1 Å². The van der Waals surface area contributed by atoms with Crippen molar-refractivity contribution in [2.45, 2.75) is 18.2 Å². The van der Waals surface area contributed by atoms with E-state index in [4.69, 9.17) is 11.6 Å². The zero-order valence-electron chi connectivity index (χ0n) is 5.90. The SMILES string of the molecule is CN(C)C(Cl)[Si](C)C. The summed E-state index contributed by atoms with van der Waals surface area (Å²) in [5.41, 5.74) is 0. The van der Waals surface area contributed by atoms with Crippen molar-refractivity contribution in [3.05, 3.63) is 0 Å². The number of rotatable bonds is 2. The third-order valence-electron chi connectivity index (χ3n) is 0.930. The maximum atomic E-state index is 5.92. The van der Waals surface area contributed by atoms with Gasteiger partial charge >= 0.3 is 0 Å². The third-order valence-corrected chi connectivity index (χ3v) is 4.10. The largest absolute Gasteiger partial charge is 0.297 e. The van der Waals surface area contributed by atoms with Gasteiger partial charge in [-0.25, -0.2) is 0 Å². The molecule has 0 aromatic rings. The summed E-state index contributed by atoms with van der Waals surface area (Å²) < 4.78 is 0. The third kappa shape index (κ3) is 2.70. The second-order valence-corrected chi connectivity index (χ2v) is 5.86. The van der Waals surface area contributed by atoms with Crippen LogP contribution in [0.4, 0.5) is 0 Å². The molecule has 0 aliphatic heterocycles. The Morgan fingerprint density at radius 1 is 1.38 bits per heavy atom. The highest BCUT2D eigenvalue weighted by molar-refractivity contribution is 6.66. The van der Waals surface area contributed by atoms with Crippen molar-refractivity contribution in [3.63, 3.8) is 0 Å². The molecule has 49 valence electrons. The van der Waals surface area contributed by atoms with Gasteiger partial charge in [0.15, 0.2) is 0 Å². The predicted octanol–water partition coefficient (Wildman–Crippen LogP) is 1.41. The molecular weight excluding hydrogens is 138 g/mol. The molecule has 1 nitrogen and oxygen atoms in total. The minimum Gasteiger partial charge on any atom is -0.297 e. The van der Waals surface area contributed by atoms with Crippen molar-refractivity contribution in [1.82, 2.24) is 4.90 Å². The zero-order chi connectivity index (χ0) is 6.73. The summed E-state index contributed by atoms with van der Waals surface area (Å²) in [7, 11) is 3.70. The van der Waals surface area contributed by atoms with Crippen LogP contribution < -0.4 is 0 Å². The van der Waals surface area contributed by atoms with Crippen molar-refractivity contribution in [2.24, 2.45) is 0 Å².